The topological polar surface area (TPSA) is 65.4 Å². The fourth-order valence-electron chi connectivity index (χ4n) is 1.97. The largest absolute Gasteiger partial charge is 0.357 e. The molecule has 146 valence electrons. The zero-order valence-electron chi connectivity index (χ0n) is 16.3. The van der Waals surface area contributed by atoms with Crippen molar-refractivity contribution >= 4 is 57.7 Å². The van der Waals surface area contributed by atoms with E-state index in [4.69, 9.17) is 4.98 Å². The zero-order valence-corrected chi connectivity index (χ0v) is 20.3. The van der Waals surface area contributed by atoms with E-state index in [1.54, 1.807) is 22.7 Å². The van der Waals surface area contributed by atoms with E-state index in [1.807, 2.05) is 19.0 Å². The normalized spacial score (nSPS) is 11.8. The zero-order chi connectivity index (χ0) is 18.4. The number of hydrogen-bond donors (Lipinski definition) is 2. The van der Waals surface area contributed by atoms with Crippen LogP contribution in [0.4, 0.5) is 5.13 Å². The summed E-state index contributed by atoms with van der Waals surface area (Å²) in [5.74, 6) is 0.786. The van der Waals surface area contributed by atoms with Gasteiger partial charge in [0.15, 0.2) is 11.1 Å². The molecule has 0 aliphatic heterocycles. The quantitative estimate of drug-likeness (QED) is 0.353. The summed E-state index contributed by atoms with van der Waals surface area (Å²) in [4.78, 5) is 15.9. The second-order valence-corrected chi connectivity index (χ2v) is 8.72. The molecule has 2 rings (SSSR count). The summed E-state index contributed by atoms with van der Waals surface area (Å²) in [7, 11) is 3.99. The molecule has 6 nitrogen and oxygen atoms in total. The monoisotopic (exact) mass is 508 g/mol. The smallest absolute Gasteiger partial charge is 0.191 e. The van der Waals surface area contributed by atoms with Gasteiger partial charge in [-0.15, -0.1) is 46.7 Å². The highest BCUT2D eigenvalue weighted by Crippen LogP contribution is 2.23. The van der Waals surface area contributed by atoms with Crippen LogP contribution >= 0.6 is 46.7 Å². The summed E-state index contributed by atoms with van der Waals surface area (Å²) >= 11 is 3.32. The lowest BCUT2D eigenvalue weighted by atomic mass is 9.93. The summed E-state index contributed by atoms with van der Waals surface area (Å²) in [6.45, 7) is 10.7. The van der Waals surface area contributed by atoms with Gasteiger partial charge in [-0.3, -0.25) is 0 Å². The molecule has 0 fully saturated rings. The van der Waals surface area contributed by atoms with E-state index in [0.717, 1.165) is 34.0 Å². The minimum atomic E-state index is 0. The van der Waals surface area contributed by atoms with Crippen LogP contribution in [0.25, 0.3) is 0 Å². The predicted molar refractivity (Wildman–Crippen MR) is 124 cm³/mol. The third-order valence-corrected chi connectivity index (χ3v) is 5.30. The Morgan fingerprint density at radius 2 is 1.88 bits per heavy atom. The number of nitrogens with zero attached hydrogens (tertiary/aromatic N) is 4. The van der Waals surface area contributed by atoms with Gasteiger partial charge in [-0.05, 0) is 6.92 Å². The lowest BCUT2D eigenvalue weighted by Crippen LogP contribution is -2.36. The SMILES string of the molecule is CCNC(=NCc1csc(N(C)C)n1)NCc1nc(C(C)(C)C)cs1.I. The van der Waals surface area contributed by atoms with Gasteiger partial charge in [0, 0.05) is 36.8 Å². The van der Waals surface area contributed by atoms with E-state index in [0.29, 0.717) is 13.1 Å². The Kier molecular flexibility index (Phi) is 9.25. The second kappa shape index (κ2) is 10.4. The average Bonchev–Trinajstić information content (AvgIpc) is 3.18. The van der Waals surface area contributed by atoms with E-state index in [1.165, 1.54) is 0 Å². The Morgan fingerprint density at radius 1 is 1.15 bits per heavy atom. The minimum absolute atomic E-state index is 0. The van der Waals surface area contributed by atoms with Gasteiger partial charge in [0.1, 0.15) is 5.01 Å². The third-order valence-electron chi connectivity index (χ3n) is 3.39. The van der Waals surface area contributed by atoms with Crippen LogP contribution in [0.3, 0.4) is 0 Å². The van der Waals surface area contributed by atoms with Crippen molar-refractivity contribution in [3.63, 3.8) is 0 Å². The Hall–Kier alpha value is -0.940. The van der Waals surface area contributed by atoms with Crippen LogP contribution in [0.5, 0.6) is 0 Å². The predicted octanol–water partition coefficient (Wildman–Crippen LogP) is 3.84. The first-order valence-electron chi connectivity index (χ1n) is 8.38. The van der Waals surface area contributed by atoms with Crippen LogP contribution in [-0.4, -0.2) is 36.6 Å². The molecular weight excluding hydrogens is 479 g/mol. The summed E-state index contributed by atoms with van der Waals surface area (Å²) < 4.78 is 0. The molecule has 0 spiro atoms. The number of hydrogen-bond acceptors (Lipinski definition) is 6. The van der Waals surface area contributed by atoms with E-state index in [-0.39, 0.29) is 29.4 Å². The Labute approximate surface area is 181 Å². The van der Waals surface area contributed by atoms with Crippen molar-refractivity contribution in [3.05, 3.63) is 27.2 Å². The first-order valence-corrected chi connectivity index (χ1v) is 10.1. The molecule has 0 saturated carbocycles. The number of thiazole rings is 2. The van der Waals surface area contributed by atoms with Crippen LogP contribution in [0.2, 0.25) is 0 Å². The van der Waals surface area contributed by atoms with Crippen LogP contribution in [0.1, 0.15) is 44.1 Å². The highest BCUT2D eigenvalue weighted by molar-refractivity contribution is 14.0. The lowest BCUT2D eigenvalue weighted by Gasteiger charge is -2.14. The van der Waals surface area contributed by atoms with Crippen molar-refractivity contribution in [3.8, 4) is 0 Å². The summed E-state index contributed by atoms with van der Waals surface area (Å²) in [6.07, 6.45) is 0. The van der Waals surface area contributed by atoms with Crippen molar-refractivity contribution in [2.45, 2.75) is 46.2 Å². The Morgan fingerprint density at radius 3 is 2.42 bits per heavy atom. The van der Waals surface area contributed by atoms with Crippen LogP contribution in [0, 0.1) is 0 Å². The molecule has 26 heavy (non-hydrogen) atoms. The van der Waals surface area contributed by atoms with Crippen LogP contribution in [-0.2, 0) is 18.5 Å². The number of rotatable bonds is 6. The van der Waals surface area contributed by atoms with Crippen LogP contribution in [0.15, 0.2) is 15.8 Å². The summed E-state index contributed by atoms with van der Waals surface area (Å²) in [6, 6.07) is 0. The molecule has 0 bridgehead atoms. The first kappa shape index (κ1) is 23.1. The molecule has 2 N–H and O–H groups in total. The molecule has 0 aliphatic rings. The lowest BCUT2D eigenvalue weighted by molar-refractivity contribution is 0.570. The maximum absolute atomic E-state index is 4.71. The highest BCUT2D eigenvalue weighted by atomic mass is 127. The third kappa shape index (κ3) is 6.99. The summed E-state index contributed by atoms with van der Waals surface area (Å²) in [5.41, 5.74) is 2.20. The Balaban J connectivity index is 0.00000338. The van der Waals surface area contributed by atoms with Gasteiger partial charge in [0.05, 0.1) is 24.5 Å². The number of anilines is 1. The number of aliphatic imine (C=N–C) groups is 1. The molecular formula is C17H29IN6S2. The molecule has 0 saturated heterocycles. The Bertz CT molecular complexity index is 702. The van der Waals surface area contributed by atoms with Crippen molar-refractivity contribution < 1.29 is 0 Å². The fourth-order valence-corrected chi connectivity index (χ4v) is 3.68. The van der Waals surface area contributed by atoms with Crippen molar-refractivity contribution in [2.24, 2.45) is 4.99 Å². The number of nitrogens with one attached hydrogen (secondary N) is 2. The van der Waals surface area contributed by atoms with Crippen molar-refractivity contribution in [1.82, 2.24) is 20.6 Å². The number of halogens is 1. The van der Waals surface area contributed by atoms with Crippen molar-refractivity contribution in [1.29, 1.82) is 0 Å². The average molecular weight is 508 g/mol. The highest BCUT2D eigenvalue weighted by Gasteiger charge is 2.17. The first-order chi connectivity index (χ1) is 11.8. The van der Waals surface area contributed by atoms with Gasteiger partial charge in [-0.25, -0.2) is 15.0 Å². The van der Waals surface area contributed by atoms with Gasteiger partial charge in [0.2, 0.25) is 0 Å². The summed E-state index contributed by atoms with van der Waals surface area (Å²) in [5, 5.41) is 12.9. The van der Waals surface area contributed by atoms with Gasteiger partial charge in [-0.2, -0.15) is 0 Å². The van der Waals surface area contributed by atoms with Gasteiger partial charge < -0.3 is 15.5 Å². The van der Waals surface area contributed by atoms with Gasteiger partial charge >= 0.3 is 0 Å². The molecule has 2 aromatic rings. The van der Waals surface area contributed by atoms with E-state index >= 15 is 0 Å². The molecule has 2 aromatic heterocycles. The molecule has 0 unspecified atom stereocenters. The number of aromatic nitrogens is 2. The minimum Gasteiger partial charge on any atom is -0.357 e. The molecule has 2 heterocycles. The standard InChI is InChI=1S/C17H28N6S2.HI/c1-7-18-15(19-8-12-10-25-16(21-12)23(5)6)20-9-14-22-13(11-24-14)17(2,3)4;/h10-11H,7-9H2,1-6H3,(H2,18,19,20);1H. The van der Waals surface area contributed by atoms with E-state index in [2.05, 4.69) is 59.1 Å². The fraction of sp³-hybridized carbons (Fsp3) is 0.588. The molecule has 9 heteroatoms. The van der Waals surface area contributed by atoms with Crippen molar-refractivity contribution in [2.75, 3.05) is 25.5 Å². The molecule has 0 amide bonds. The maximum atomic E-state index is 4.71. The van der Waals surface area contributed by atoms with Crippen LogP contribution < -0.4 is 15.5 Å². The molecule has 0 atom stereocenters. The van der Waals surface area contributed by atoms with Gasteiger partial charge in [-0.1, -0.05) is 20.8 Å². The molecule has 0 aromatic carbocycles. The molecule has 0 radical (unpaired) electrons. The molecule has 0 aliphatic carbocycles. The van der Waals surface area contributed by atoms with Gasteiger partial charge in [0.25, 0.3) is 0 Å². The van der Waals surface area contributed by atoms with E-state index in [9.17, 15) is 0 Å². The van der Waals surface area contributed by atoms with E-state index < -0.39 is 0 Å². The number of guanidine groups is 1. The maximum Gasteiger partial charge on any atom is 0.191 e. The second-order valence-electron chi connectivity index (χ2n) is 6.94.